The second-order valence-corrected chi connectivity index (χ2v) is 5.14. The summed E-state index contributed by atoms with van der Waals surface area (Å²) in [6.07, 6.45) is 2.70. The minimum atomic E-state index is -0.946. The number of aliphatic carboxylic acids is 1. The Morgan fingerprint density at radius 3 is 2.47 bits per heavy atom. The maximum atomic E-state index is 12.1. The van der Waals surface area contributed by atoms with Crippen LogP contribution >= 0.6 is 11.8 Å². The van der Waals surface area contributed by atoms with Crippen molar-refractivity contribution in [2.24, 2.45) is 0 Å². The highest BCUT2D eigenvalue weighted by Gasteiger charge is 2.23. The number of likely N-dealkylation sites (N-methyl/N-ethyl adjacent to an activating group) is 1. The largest absolute Gasteiger partial charge is 0.481 e. The quantitative estimate of drug-likeness (QED) is 0.648. The van der Waals surface area contributed by atoms with Crippen molar-refractivity contribution in [2.75, 3.05) is 25.6 Å². The van der Waals surface area contributed by atoms with Crippen molar-refractivity contribution in [2.45, 2.75) is 32.2 Å². The average molecular weight is 290 g/mol. The van der Waals surface area contributed by atoms with Gasteiger partial charge in [-0.15, -0.1) is 0 Å². The van der Waals surface area contributed by atoms with Crippen LogP contribution in [0.1, 0.15) is 26.2 Å². The lowest BCUT2D eigenvalue weighted by atomic mass is 10.2. The fourth-order valence-electron chi connectivity index (χ4n) is 1.43. The van der Waals surface area contributed by atoms with E-state index in [9.17, 15) is 14.4 Å². The van der Waals surface area contributed by atoms with Crippen molar-refractivity contribution in [3.63, 3.8) is 0 Å². The summed E-state index contributed by atoms with van der Waals surface area (Å²) < 4.78 is 0. The van der Waals surface area contributed by atoms with E-state index in [1.54, 1.807) is 25.7 Å². The molecule has 2 amide bonds. The van der Waals surface area contributed by atoms with E-state index in [1.165, 1.54) is 4.90 Å². The Hall–Kier alpha value is -1.24. The summed E-state index contributed by atoms with van der Waals surface area (Å²) in [5, 5.41) is 11.3. The molecule has 0 radical (unpaired) electrons. The number of carboxylic acids is 1. The molecular weight excluding hydrogens is 268 g/mol. The topological polar surface area (TPSA) is 86.7 Å². The molecule has 0 bridgehead atoms. The van der Waals surface area contributed by atoms with E-state index in [0.29, 0.717) is 12.8 Å². The Bertz CT molecular complexity index is 323. The first kappa shape index (κ1) is 17.8. The van der Waals surface area contributed by atoms with Gasteiger partial charge >= 0.3 is 5.97 Å². The van der Waals surface area contributed by atoms with Crippen molar-refractivity contribution in [1.82, 2.24) is 10.2 Å². The monoisotopic (exact) mass is 290 g/mol. The summed E-state index contributed by atoms with van der Waals surface area (Å²) in [5.74, 6) is -0.603. The highest BCUT2D eigenvalue weighted by atomic mass is 32.2. The predicted octanol–water partition coefficient (Wildman–Crippen LogP) is 0.567. The molecule has 7 heteroatoms. The molecule has 0 aromatic rings. The van der Waals surface area contributed by atoms with Crippen LogP contribution in [0.3, 0.4) is 0 Å². The maximum absolute atomic E-state index is 12.1. The van der Waals surface area contributed by atoms with Crippen LogP contribution in [-0.4, -0.2) is 59.4 Å². The van der Waals surface area contributed by atoms with Crippen LogP contribution in [-0.2, 0) is 14.4 Å². The van der Waals surface area contributed by atoms with E-state index in [1.807, 2.05) is 6.26 Å². The van der Waals surface area contributed by atoms with E-state index in [2.05, 4.69) is 5.32 Å². The summed E-state index contributed by atoms with van der Waals surface area (Å²) in [6.45, 7) is 1.87. The number of carbonyl (C=O) groups excluding carboxylic acids is 2. The van der Waals surface area contributed by atoms with Gasteiger partial charge in [-0.2, -0.15) is 11.8 Å². The number of thioether (sulfide) groups is 1. The van der Waals surface area contributed by atoms with E-state index >= 15 is 0 Å². The summed E-state index contributed by atoms with van der Waals surface area (Å²) in [5.41, 5.74) is 0. The highest BCUT2D eigenvalue weighted by molar-refractivity contribution is 7.98. The molecule has 0 aliphatic carbocycles. The fraction of sp³-hybridized carbons (Fsp3) is 0.750. The predicted molar refractivity (Wildman–Crippen MR) is 75.1 cm³/mol. The van der Waals surface area contributed by atoms with Gasteiger partial charge in [-0.1, -0.05) is 6.92 Å². The molecule has 0 aliphatic heterocycles. The van der Waals surface area contributed by atoms with Gasteiger partial charge in [0.1, 0.15) is 6.04 Å². The lowest BCUT2D eigenvalue weighted by Crippen LogP contribution is -2.48. The number of carbonyl (C=O) groups is 3. The zero-order valence-corrected chi connectivity index (χ0v) is 12.5. The van der Waals surface area contributed by atoms with Crippen LogP contribution in [0.25, 0.3) is 0 Å². The van der Waals surface area contributed by atoms with E-state index < -0.39 is 12.0 Å². The third kappa shape index (κ3) is 7.71. The van der Waals surface area contributed by atoms with Gasteiger partial charge in [-0.3, -0.25) is 14.4 Å². The average Bonchev–Trinajstić information content (AvgIpc) is 2.39. The fourth-order valence-corrected chi connectivity index (χ4v) is 1.90. The Kier molecular flexibility index (Phi) is 9.03. The SMILES string of the molecule is CCC(=O)NC(CCSC)C(=O)N(C)CCC(=O)O. The number of hydrogen-bond donors (Lipinski definition) is 2. The molecule has 2 N–H and O–H groups in total. The van der Waals surface area contributed by atoms with E-state index in [-0.39, 0.29) is 24.8 Å². The van der Waals surface area contributed by atoms with E-state index in [4.69, 9.17) is 5.11 Å². The summed E-state index contributed by atoms with van der Waals surface area (Å²) in [4.78, 5) is 35.4. The highest BCUT2D eigenvalue weighted by Crippen LogP contribution is 2.05. The molecule has 0 rings (SSSR count). The Morgan fingerprint density at radius 2 is 2.00 bits per heavy atom. The zero-order valence-electron chi connectivity index (χ0n) is 11.6. The number of amides is 2. The Morgan fingerprint density at radius 1 is 1.37 bits per heavy atom. The third-order valence-corrected chi connectivity index (χ3v) is 3.25. The number of rotatable bonds is 9. The molecule has 1 atom stereocenters. The normalized spacial score (nSPS) is 11.7. The first-order valence-electron chi connectivity index (χ1n) is 6.17. The van der Waals surface area contributed by atoms with Gasteiger partial charge in [0.25, 0.3) is 0 Å². The molecule has 0 saturated carbocycles. The van der Waals surface area contributed by atoms with Gasteiger partial charge in [0, 0.05) is 20.0 Å². The molecule has 1 unspecified atom stereocenters. The molecule has 0 fully saturated rings. The molecule has 0 aromatic heterocycles. The molecule has 0 spiro atoms. The van der Waals surface area contributed by atoms with Crippen LogP contribution in [0.2, 0.25) is 0 Å². The van der Waals surface area contributed by atoms with Crippen LogP contribution in [0.5, 0.6) is 0 Å². The second kappa shape index (κ2) is 9.66. The summed E-state index contributed by atoms with van der Waals surface area (Å²) in [7, 11) is 1.55. The van der Waals surface area contributed by atoms with Gasteiger partial charge in [0.05, 0.1) is 6.42 Å². The Balaban J connectivity index is 4.49. The lowest BCUT2D eigenvalue weighted by Gasteiger charge is -2.24. The van der Waals surface area contributed by atoms with Gasteiger partial charge in [-0.05, 0) is 18.4 Å². The molecule has 0 aromatic carbocycles. The minimum absolute atomic E-state index is 0.0980. The summed E-state index contributed by atoms with van der Waals surface area (Å²) >= 11 is 1.60. The summed E-state index contributed by atoms with van der Waals surface area (Å²) in [6, 6.07) is -0.571. The molecule has 0 saturated heterocycles. The standard InChI is InChI=1S/C12H22N2O4S/c1-4-10(15)13-9(6-8-19-3)12(18)14(2)7-5-11(16)17/h9H,4-8H2,1-3H3,(H,13,15)(H,16,17). The van der Waals surface area contributed by atoms with Crippen molar-refractivity contribution < 1.29 is 19.5 Å². The van der Waals surface area contributed by atoms with Crippen molar-refractivity contribution in [3.8, 4) is 0 Å². The molecule has 6 nitrogen and oxygen atoms in total. The van der Waals surface area contributed by atoms with Crippen LogP contribution in [0.15, 0.2) is 0 Å². The van der Waals surface area contributed by atoms with Crippen molar-refractivity contribution >= 4 is 29.5 Å². The Labute approximate surface area is 117 Å². The van der Waals surface area contributed by atoms with Crippen LogP contribution < -0.4 is 5.32 Å². The van der Waals surface area contributed by atoms with Crippen LogP contribution in [0, 0.1) is 0 Å². The van der Waals surface area contributed by atoms with Crippen molar-refractivity contribution in [1.29, 1.82) is 0 Å². The van der Waals surface area contributed by atoms with Gasteiger partial charge in [0.2, 0.25) is 11.8 Å². The number of carboxylic acid groups (broad SMARTS) is 1. The minimum Gasteiger partial charge on any atom is -0.481 e. The second-order valence-electron chi connectivity index (χ2n) is 4.16. The first-order valence-corrected chi connectivity index (χ1v) is 7.56. The number of nitrogens with one attached hydrogen (secondary N) is 1. The smallest absolute Gasteiger partial charge is 0.305 e. The van der Waals surface area contributed by atoms with Crippen molar-refractivity contribution in [3.05, 3.63) is 0 Å². The molecule has 0 aliphatic rings. The number of nitrogens with zero attached hydrogens (tertiary/aromatic N) is 1. The lowest BCUT2D eigenvalue weighted by molar-refractivity contribution is -0.139. The molecular formula is C12H22N2O4S. The maximum Gasteiger partial charge on any atom is 0.305 e. The molecule has 0 heterocycles. The third-order valence-electron chi connectivity index (χ3n) is 2.60. The van der Waals surface area contributed by atoms with Crippen LogP contribution in [0.4, 0.5) is 0 Å². The van der Waals surface area contributed by atoms with Gasteiger partial charge in [-0.25, -0.2) is 0 Å². The first-order chi connectivity index (χ1) is 8.92. The number of hydrogen-bond acceptors (Lipinski definition) is 4. The van der Waals surface area contributed by atoms with Gasteiger partial charge in [0.15, 0.2) is 0 Å². The zero-order chi connectivity index (χ0) is 14.8. The van der Waals surface area contributed by atoms with E-state index in [0.717, 1.165) is 5.75 Å². The molecule has 110 valence electrons. The molecule has 19 heavy (non-hydrogen) atoms. The van der Waals surface area contributed by atoms with Gasteiger partial charge < -0.3 is 15.3 Å².